The first-order valence-electron chi connectivity index (χ1n) is 5.42. The molecule has 6 heteroatoms. The second-order valence-corrected chi connectivity index (χ2v) is 3.52. The van der Waals surface area contributed by atoms with E-state index in [0.29, 0.717) is 13.2 Å². The van der Waals surface area contributed by atoms with Gasteiger partial charge in [0.15, 0.2) is 0 Å². The van der Waals surface area contributed by atoms with Crippen molar-refractivity contribution in [1.29, 1.82) is 0 Å². The average molecular weight is 228 g/mol. The van der Waals surface area contributed by atoms with Gasteiger partial charge >= 0.3 is 0 Å². The Kier molecular flexibility index (Phi) is 5.99. The lowest BCUT2D eigenvalue weighted by Crippen LogP contribution is -2.10. The molecule has 1 aromatic heterocycles. The highest BCUT2D eigenvalue weighted by molar-refractivity contribution is 5.09. The molecule has 0 aliphatic heterocycles. The maximum absolute atomic E-state index is 5.52. The van der Waals surface area contributed by atoms with Crippen molar-refractivity contribution in [3.63, 3.8) is 0 Å². The van der Waals surface area contributed by atoms with E-state index in [1.54, 1.807) is 14.2 Å². The lowest BCUT2D eigenvalue weighted by molar-refractivity contribution is 0.169. The van der Waals surface area contributed by atoms with E-state index in [9.17, 15) is 0 Å². The van der Waals surface area contributed by atoms with Gasteiger partial charge in [-0.15, -0.1) is 5.10 Å². The van der Waals surface area contributed by atoms with Gasteiger partial charge in [0.2, 0.25) is 0 Å². The molecule has 0 atom stereocenters. The summed E-state index contributed by atoms with van der Waals surface area (Å²) in [6.45, 7) is 2.62. The smallest absolute Gasteiger partial charge is 0.0900 e. The molecule has 0 amide bonds. The fourth-order valence-electron chi connectivity index (χ4n) is 1.53. The first kappa shape index (κ1) is 13.1. The molecule has 1 heterocycles. The van der Waals surface area contributed by atoms with Gasteiger partial charge in [-0.25, -0.2) is 4.68 Å². The molecule has 0 spiro atoms. The summed E-state index contributed by atoms with van der Waals surface area (Å²) in [6.07, 6.45) is 1.65. The van der Waals surface area contributed by atoms with Gasteiger partial charge in [0.1, 0.15) is 0 Å². The highest BCUT2D eigenvalue weighted by atomic mass is 16.5. The van der Waals surface area contributed by atoms with Gasteiger partial charge in [-0.3, -0.25) is 0 Å². The summed E-state index contributed by atoms with van der Waals surface area (Å²) in [5, 5.41) is 8.22. The minimum absolute atomic E-state index is 0.523. The summed E-state index contributed by atoms with van der Waals surface area (Å²) in [4.78, 5) is 0. The van der Waals surface area contributed by atoms with E-state index in [0.717, 1.165) is 37.4 Å². The molecule has 0 aromatic carbocycles. The fourth-order valence-corrected chi connectivity index (χ4v) is 1.53. The third-order valence-electron chi connectivity index (χ3n) is 2.30. The summed E-state index contributed by atoms with van der Waals surface area (Å²) in [5.41, 5.74) is 7.47. The van der Waals surface area contributed by atoms with E-state index in [1.807, 2.05) is 4.68 Å². The lowest BCUT2D eigenvalue weighted by atomic mass is 10.2. The first-order valence-corrected chi connectivity index (χ1v) is 5.42. The van der Waals surface area contributed by atoms with Gasteiger partial charge in [0.25, 0.3) is 0 Å². The third-order valence-corrected chi connectivity index (χ3v) is 2.30. The molecule has 0 aliphatic carbocycles. The number of hydrogen-bond donors (Lipinski definition) is 1. The molecule has 0 radical (unpaired) electrons. The predicted molar refractivity (Wildman–Crippen MR) is 60.0 cm³/mol. The van der Waals surface area contributed by atoms with Crippen LogP contribution in [0.15, 0.2) is 0 Å². The zero-order chi connectivity index (χ0) is 11.8. The zero-order valence-electron chi connectivity index (χ0n) is 9.98. The summed E-state index contributed by atoms with van der Waals surface area (Å²) in [5.74, 6) is 0. The maximum Gasteiger partial charge on any atom is 0.0900 e. The number of aromatic nitrogens is 3. The summed E-state index contributed by atoms with van der Waals surface area (Å²) < 4.78 is 12.0. The van der Waals surface area contributed by atoms with Gasteiger partial charge < -0.3 is 15.2 Å². The van der Waals surface area contributed by atoms with E-state index in [-0.39, 0.29) is 0 Å². The largest absolute Gasteiger partial charge is 0.385 e. The minimum Gasteiger partial charge on any atom is -0.385 e. The summed E-state index contributed by atoms with van der Waals surface area (Å²) in [7, 11) is 3.36. The van der Waals surface area contributed by atoms with E-state index < -0.39 is 0 Å². The standard InChI is InChI=1S/C10H20N4O2/c1-15-7-3-6-14-10(8-16-2)9(4-5-11)12-13-14/h3-8,11H2,1-2H3. The van der Waals surface area contributed by atoms with Gasteiger partial charge in [-0.05, 0) is 13.0 Å². The highest BCUT2D eigenvalue weighted by Gasteiger charge is 2.11. The number of methoxy groups -OCH3 is 2. The van der Waals surface area contributed by atoms with Crippen molar-refractivity contribution in [3.05, 3.63) is 11.4 Å². The molecular formula is C10H20N4O2. The van der Waals surface area contributed by atoms with Crippen molar-refractivity contribution in [1.82, 2.24) is 15.0 Å². The molecule has 16 heavy (non-hydrogen) atoms. The van der Waals surface area contributed by atoms with Crippen LogP contribution < -0.4 is 5.73 Å². The molecule has 0 saturated carbocycles. The number of ether oxygens (including phenoxy) is 2. The van der Waals surface area contributed by atoms with Crippen molar-refractivity contribution in [2.45, 2.75) is 26.0 Å². The number of hydrogen-bond acceptors (Lipinski definition) is 5. The van der Waals surface area contributed by atoms with Crippen LogP contribution in [0.4, 0.5) is 0 Å². The van der Waals surface area contributed by atoms with Gasteiger partial charge in [0.05, 0.1) is 18.0 Å². The number of aryl methyl sites for hydroxylation is 1. The van der Waals surface area contributed by atoms with E-state index in [2.05, 4.69) is 10.3 Å². The topological polar surface area (TPSA) is 75.2 Å². The van der Waals surface area contributed by atoms with Crippen molar-refractivity contribution >= 4 is 0 Å². The first-order chi connectivity index (χ1) is 7.83. The Hall–Kier alpha value is -0.980. The second-order valence-electron chi connectivity index (χ2n) is 3.52. The Bertz CT molecular complexity index is 301. The molecule has 0 saturated heterocycles. The molecule has 0 unspecified atom stereocenters. The Labute approximate surface area is 95.7 Å². The zero-order valence-corrected chi connectivity index (χ0v) is 9.98. The second kappa shape index (κ2) is 7.32. The van der Waals surface area contributed by atoms with Gasteiger partial charge in [-0.2, -0.15) is 0 Å². The summed E-state index contributed by atoms with van der Waals surface area (Å²) >= 11 is 0. The summed E-state index contributed by atoms with van der Waals surface area (Å²) in [6, 6.07) is 0. The molecule has 92 valence electrons. The molecule has 0 bridgehead atoms. The van der Waals surface area contributed by atoms with E-state index in [1.165, 1.54) is 0 Å². The SMILES string of the molecule is COCCCn1nnc(CCN)c1COC. The molecule has 0 aliphatic rings. The van der Waals surface area contributed by atoms with Crippen LogP contribution in [0.2, 0.25) is 0 Å². The predicted octanol–water partition coefficient (Wildman–Crippen LogP) is -0.0378. The molecular weight excluding hydrogens is 208 g/mol. The van der Waals surface area contributed by atoms with Crippen molar-refractivity contribution in [2.24, 2.45) is 5.73 Å². The van der Waals surface area contributed by atoms with E-state index in [4.69, 9.17) is 15.2 Å². The molecule has 2 N–H and O–H groups in total. The Balaban J connectivity index is 2.66. The quantitative estimate of drug-likeness (QED) is 0.632. The molecule has 0 fully saturated rings. The Morgan fingerprint density at radius 1 is 1.31 bits per heavy atom. The monoisotopic (exact) mass is 228 g/mol. The normalized spacial score (nSPS) is 10.9. The average Bonchev–Trinajstić information content (AvgIpc) is 2.64. The number of nitrogens with zero attached hydrogens (tertiary/aromatic N) is 3. The van der Waals surface area contributed by atoms with Crippen LogP contribution in [0.5, 0.6) is 0 Å². The number of rotatable bonds is 8. The van der Waals surface area contributed by atoms with Crippen LogP contribution in [-0.4, -0.2) is 42.4 Å². The lowest BCUT2D eigenvalue weighted by Gasteiger charge is -2.06. The van der Waals surface area contributed by atoms with Crippen LogP contribution in [0.3, 0.4) is 0 Å². The van der Waals surface area contributed by atoms with Crippen LogP contribution >= 0.6 is 0 Å². The van der Waals surface area contributed by atoms with Crippen molar-refractivity contribution in [3.8, 4) is 0 Å². The van der Waals surface area contributed by atoms with E-state index >= 15 is 0 Å². The Morgan fingerprint density at radius 2 is 2.12 bits per heavy atom. The van der Waals surface area contributed by atoms with Gasteiger partial charge in [0, 0.05) is 33.8 Å². The van der Waals surface area contributed by atoms with Crippen LogP contribution in [0.1, 0.15) is 17.8 Å². The van der Waals surface area contributed by atoms with Gasteiger partial charge in [-0.1, -0.05) is 5.21 Å². The highest BCUT2D eigenvalue weighted by Crippen LogP contribution is 2.08. The molecule has 1 aromatic rings. The van der Waals surface area contributed by atoms with Crippen molar-refractivity contribution in [2.75, 3.05) is 27.4 Å². The van der Waals surface area contributed by atoms with Crippen LogP contribution in [0.25, 0.3) is 0 Å². The fraction of sp³-hybridized carbons (Fsp3) is 0.800. The molecule has 6 nitrogen and oxygen atoms in total. The molecule has 1 rings (SSSR count). The van der Waals surface area contributed by atoms with Crippen LogP contribution in [-0.2, 0) is 29.0 Å². The minimum atomic E-state index is 0.523. The maximum atomic E-state index is 5.52. The van der Waals surface area contributed by atoms with Crippen molar-refractivity contribution < 1.29 is 9.47 Å². The Morgan fingerprint density at radius 3 is 2.75 bits per heavy atom. The number of nitrogens with two attached hydrogens (primary N) is 1. The van der Waals surface area contributed by atoms with Crippen LogP contribution in [0, 0.1) is 0 Å². The third kappa shape index (κ3) is 3.55.